The van der Waals surface area contributed by atoms with Gasteiger partial charge in [-0.05, 0) is 37.8 Å². The molecule has 4 nitrogen and oxygen atoms in total. The van der Waals surface area contributed by atoms with Crippen molar-refractivity contribution in [2.24, 2.45) is 0 Å². The van der Waals surface area contributed by atoms with E-state index in [1.165, 1.54) is 0 Å². The maximum absolute atomic E-state index is 12.0. The lowest BCUT2D eigenvalue weighted by Gasteiger charge is -2.20. The molecule has 1 fully saturated rings. The van der Waals surface area contributed by atoms with Crippen molar-refractivity contribution in [3.63, 3.8) is 0 Å². The van der Waals surface area contributed by atoms with Crippen LogP contribution >= 0.6 is 0 Å². The molecule has 114 valence electrons. The zero-order valence-electron chi connectivity index (χ0n) is 12.7. The lowest BCUT2D eigenvalue weighted by atomic mass is 10.1. The van der Waals surface area contributed by atoms with E-state index in [1.807, 2.05) is 36.1 Å². The van der Waals surface area contributed by atoms with E-state index in [0.29, 0.717) is 13.0 Å². The van der Waals surface area contributed by atoms with Gasteiger partial charge in [-0.15, -0.1) is 0 Å². The van der Waals surface area contributed by atoms with Crippen molar-refractivity contribution in [1.29, 1.82) is 0 Å². The summed E-state index contributed by atoms with van der Waals surface area (Å²) in [5.41, 5.74) is 1.71. The second-order valence-electron chi connectivity index (χ2n) is 5.62. The zero-order chi connectivity index (χ0) is 15.1. The number of hydrogen-bond acceptors (Lipinski definition) is 2. The highest BCUT2D eigenvalue weighted by Gasteiger charge is 2.15. The van der Waals surface area contributed by atoms with Gasteiger partial charge in [-0.25, -0.2) is 0 Å². The Hall–Kier alpha value is -1.84. The lowest BCUT2D eigenvalue weighted by molar-refractivity contribution is -0.130. The fraction of sp³-hybridized carbons (Fsp3) is 0.529. The normalized spacial score (nSPS) is 15.7. The first-order valence-electron chi connectivity index (χ1n) is 7.80. The minimum Gasteiger partial charge on any atom is -0.352 e. The van der Waals surface area contributed by atoms with Crippen LogP contribution in [-0.2, 0) is 4.79 Å². The smallest absolute Gasteiger partial charge is 0.251 e. The Labute approximate surface area is 126 Å². The lowest BCUT2D eigenvalue weighted by Crippen LogP contribution is -2.34. The molecule has 0 atom stereocenters. The number of benzene rings is 1. The first-order valence-corrected chi connectivity index (χ1v) is 7.80. The number of nitrogens with zero attached hydrogens (tertiary/aromatic N) is 1. The summed E-state index contributed by atoms with van der Waals surface area (Å²) < 4.78 is 0. The van der Waals surface area contributed by atoms with E-state index in [4.69, 9.17) is 0 Å². The molecule has 1 aliphatic heterocycles. The molecule has 0 aromatic heterocycles. The van der Waals surface area contributed by atoms with Crippen LogP contribution in [0.15, 0.2) is 24.3 Å². The molecule has 4 heteroatoms. The fourth-order valence-corrected chi connectivity index (χ4v) is 2.67. The molecule has 0 bridgehead atoms. The Bertz CT molecular complexity index is 499. The van der Waals surface area contributed by atoms with Crippen LogP contribution < -0.4 is 5.32 Å². The predicted octanol–water partition coefficient (Wildman–Crippen LogP) is 2.52. The second-order valence-corrected chi connectivity index (χ2v) is 5.62. The van der Waals surface area contributed by atoms with Gasteiger partial charge in [0.05, 0.1) is 0 Å². The first kappa shape index (κ1) is 15.5. The van der Waals surface area contributed by atoms with Gasteiger partial charge < -0.3 is 10.2 Å². The van der Waals surface area contributed by atoms with Crippen molar-refractivity contribution < 1.29 is 9.59 Å². The van der Waals surface area contributed by atoms with E-state index >= 15 is 0 Å². The summed E-state index contributed by atoms with van der Waals surface area (Å²) in [6.45, 7) is 4.15. The van der Waals surface area contributed by atoms with E-state index < -0.39 is 0 Å². The van der Waals surface area contributed by atoms with E-state index in [9.17, 15) is 9.59 Å². The minimum atomic E-state index is -0.0321. The van der Waals surface area contributed by atoms with Crippen molar-refractivity contribution in [3.8, 4) is 0 Å². The SMILES string of the molecule is Cc1ccccc1C(=O)NCCCN1CCCCCC1=O. The summed E-state index contributed by atoms with van der Waals surface area (Å²) in [6, 6.07) is 7.57. The molecule has 1 aromatic carbocycles. The second kappa shape index (κ2) is 7.81. The van der Waals surface area contributed by atoms with E-state index in [1.54, 1.807) is 0 Å². The van der Waals surface area contributed by atoms with Crippen molar-refractivity contribution in [3.05, 3.63) is 35.4 Å². The van der Waals surface area contributed by atoms with Gasteiger partial charge in [0, 0.05) is 31.6 Å². The molecule has 0 unspecified atom stereocenters. The third-order valence-electron chi connectivity index (χ3n) is 3.95. The molecule has 1 saturated heterocycles. The molecule has 1 heterocycles. The molecule has 1 aliphatic rings. The highest BCUT2D eigenvalue weighted by Crippen LogP contribution is 2.11. The van der Waals surface area contributed by atoms with Gasteiger partial charge in [-0.3, -0.25) is 9.59 Å². The number of carbonyl (C=O) groups is 2. The van der Waals surface area contributed by atoms with Gasteiger partial charge in [-0.2, -0.15) is 0 Å². The third-order valence-corrected chi connectivity index (χ3v) is 3.95. The summed E-state index contributed by atoms with van der Waals surface area (Å²) in [6.07, 6.45) is 4.74. The van der Waals surface area contributed by atoms with Gasteiger partial charge >= 0.3 is 0 Å². The van der Waals surface area contributed by atoms with Gasteiger partial charge in [0.15, 0.2) is 0 Å². The molecule has 2 amide bonds. The number of amides is 2. The van der Waals surface area contributed by atoms with Crippen LogP contribution in [0, 0.1) is 6.92 Å². The van der Waals surface area contributed by atoms with Crippen LogP contribution in [0.3, 0.4) is 0 Å². The molecule has 2 rings (SSSR count). The molecule has 0 aliphatic carbocycles. The first-order chi connectivity index (χ1) is 10.2. The molecule has 1 N–H and O–H groups in total. The topological polar surface area (TPSA) is 49.4 Å². The highest BCUT2D eigenvalue weighted by atomic mass is 16.2. The molecular weight excluding hydrogens is 264 g/mol. The predicted molar refractivity (Wildman–Crippen MR) is 83.2 cm³/mol. The van der Waals surface area contributed by atoms with Crippen LogP contribution in [0.2, 0.25) is 0 Å². The van der Waals surface area contributed by atoms with Crippen molar-refractivity contribution in [1.82, 2.24) is 10.2 Å². The quantitative estimate of drug-likeness (QED) is 0.846. The molecule has 1 aromatic rings. The Balaban J connectivity index is 1.73. The number of rotatable bonds is 5. The largest absolute Gasteiger partial charge is 0.352 e. The van der Waals surface area contributed by atoms with Gasteiger partial charge in [0.25, 0.3) is 5.91 Å². The van der Waals surface area contributed by atoms with E-state index in [-0.39, 0.29) is 11.8 Å². The molecule has 21 heavy (non-hydrogen) atoms. The monoisotopic (exact) mass is 288 g/mol. The number of aryl methyl sites for hydroxylation is 1. The molecule has 0 radical (unpaired) electrons. The maximum atomic E-state index is 12.0. The zero-order valence-corrected chi connectivity index (χ0v) is 12.7. The summed E-state index contributed by atoms with van der Waals surface area (Å²) >= 11 is 0. The maximum Gasteiger partial charge on any atom is 0.251 e. The Kier molecular flexibility index (Phi) is 5.78. The number of carbonyl (C=O) groups excluding carboxylic acids is 2. The van der Waals surface area contributed by atoms with Crippen molar-refractivity contribution in [2.45, 2.75) is 39.0 Å². The standard InChI is InChI=1S/C17H24N2O2/c1-14-8-4-5-9-15(14)17(21)18-11-7-13-19-12-6-2-3-10-16(19)20/h4-5,8-9H,2-3,6-7,10-13H2,1H3,(H,18,21). The van der Waals surface area contributed by atoms with Crippen LogP contribution in [0.1, 0.15) is 48.0 Å². The average molecular weight is 288 g/mol. The van der Waals surface area contributed by atoms with Gasteiger partial charge in [0.1, 0.15) is 0 Å². The van der Waals surface area contributed by atoms with Crippen molar-refractivity contribution in [2.75, 3.05) is 19.6 Å². The Morgan fingerprint density at radius 2 is 2.05 bits per heavy atom. The van der Waals surface area contributed by atoms with Crippen LogP contribution in [-0.4, -0.2) is 36.3 Å². The summed E-state index contributed by atoms with van der Waals surface area (Å²) in [5.74, 6) is 0.230. The van der Waals surface area contributed by atoms with Crippen LogP contribution in [0.4, 0.5) is 0 Å². The number of likely N-dealkylation sites (tertiary alicyclic amines) is 1. The summed E-state index contributed by atoms with van der Waals surface area (Å²) in [7, 11) is 0. The van der Waals surface area contributed by atoms with E-state index in [0.717, 1.165) is 49.9 Å². The molecule has 0 spiro atoms. The summed E-state index contributed by atoms with van der Waals surface area (Å²) in [4.78, 5) is 25.8. The highest BCUT2D eigenvalue weighted by molar-refractivity contribution is 5.95. The van der Waals surface area contributed by atoms with Crippen LogP contribution in [0.25, 0.3) is 0 Å². The third kappa shape index (κ3) is 4.59. The summed E-state index contributed by atoms with van der Waals surface area (Å²) in [5, 5.41) is 2.93. The van der Waals surface area contributed by atoms with Gasteiger partial charge in [-0.1, -0.05) is 24.6 Å². The number of nitrogens with one attached hydrogen (secondary N) is 1. The Morgan fingerprint density at radius 3 is 2.86 bits per heavy atom. The molecular formula is C17H24N2O2. The molecule has 0 saturated carbocycles. The van der Waals surface area contributed by atoms with E-state index in [2.05, 4.69) is 5.32 Å². The fourth-order valence-electron chi connectivity index (χ4n) is 2.67. The average Bonchev–Trinajstić information content (AvgIpc) is 2.68. The van der Waals surface area contributed by atoms with Crippen LogP contribution in [0.5, 0.6) is 0 Å². The minimum absolute atomic E-state index is 0.0321. The Morgan fingerprint density at radius 1 is 1.24 bits per heavy atom. The van der Waals surface area contributed by atoms with Gasteiger partial charge in [0.2, 0.25) is 5.91 Å². The van der Waals surface area contributed by atoms with Crippen molar-refractivity contribution >= 4 is 11.8 Å². The number of hydrogen-bond donors (Lipinski definition) is 1.